The number of hydrogen-bond donors (Lipinski definition) is 8. The van der Waals surface area contributed by atoms with Crippen molar-refractivity contribution in [3.63, 3.8) is 0 Å². The maximum atomic E-state index is 14.0. The van der Waals surface area contributed by atoms with Crippen molar-refractivity contribution in [1.29, 1.82) is 10.8 Å². The van der Waals surface area contributed by atoms with Crippen LogP contribution in [-0.4, -0.2) is 210 Å². The summed E-state index contributed by atoms with van der Waals surface area (Å²) in [6.07, 6.45) is 17.6. The second kappa shape index (κ2) is 48.7. The van der Waals surface area contributed by atoms with E-state index in [1.165, 1.54) is 148 Å². The number of halogens is 1. The van der Waals surface area contributed by atoms with Crippen molar-refractivity contribution in [3.05, 3.63) is 178 Å². The summed E-state index contributed by atoms with van der Waals surface area (Å²) in [5, 5.41) is 53.8. The number of benzene rings is 4. The van der Waals surface area contributed by atoms with Crippen LogP contribution in [0.4, 0.5) is 0 Å². The lowest BCUT2D eigenvalue weighted by atomic mass is 9.90. The fraction of sp³-hybridized carbons (Fsp3) is 0.440. The summed E-state index contributed by atoms with van der Waals surface area (Å²) in [6, 6.07) is 26.3. The smallest absolute Gasteiger partial charge is 0.357 e. The Labute approximate surface area is 718 Å². The lowest BCUT2D eigenvalue weighted by molar-refractivity contribution is -0.183. The number of morpholine rings is 1. The summed E-state index contributed by atoms with van der Waals surface area (Å²) in [5.74, 6) is -3.81. The highest BCUT2D eigenvalue weighted by Gasteiger charge is 2.31. The number of Topliss-reactive ketones (excluding diaryl/α,β-unsaturated/α-hetero) is 2. The number of carbonyl (C=O) groups excluding carboxylic acids is 9. The maximum absolute atomic E-state index is 14.0. The second-order valence-electron chi connectivity index (χ2n) is 29.8. The number of aliphatic hydroxyl groups is 2. The summed E-state index contributed by atoms with van der Waals surface area (Å²) >= 11 is 3.00. The monoisotopic (exact) mass is 1740 g/mol. The molecule has 1 aliphatic heterocycles. The summed E-state index contributed by atoms with van der Waals surface area (Å²) in [4.78, 5) is 141. The number of aromatic carboxylic acids is 1. The van der Waals surface area contributed by atoms with Crippen LogP contribution in [-0.2, 0) is 60.4 Å². The Morgan fingerprint density at radius 2 is 1.01 bits per heavy atom. The number of ether oxygens (including phenoxy) is 8. The minimum Gasteiger partial charge on any atom is -0.496 e. The number of methoxy groups -OCH3 is 2. The van der Waals surface area contributed by atoms with Crippen molar-refractivity contribution in [2.45, 2.75) is 168 Å². The minimum atomic E-state index is -1.37. The van der Waals surface area contributed by atoms with E-state index in [0.717, 1.165) is 52.0 Å². The molecule has 4 aromatic carbocycles. The first-order valence-electron chi connectivity index (χ1n) is 40.9. The van der Waals surface area contributed by atoms with Gasteiger partial charge in [0.1, 0.15) is 29.5 Å². The van der Waals surface area contributed by atoms with Gasteiger partial charge < -0.3 is 84.9 Å². The van der Waals surface area contributed by atoms with Crippen LogP contribution < -0.4 is 25.4 Å². The van der Waals surface area contributed by atoms with Crippen LogP contribution in [0.1, 0.15) is 226 Å². The fourth-order valence-corrected chi connectivity index (χ4v) is 13.7. The number of rotatable bonds is 35. The quantitative estimate of drug-likeness (QED) is 0.00348. The van der Waals surface area contributed by atoms with Gasteiger partial charge in [-0.1, -0.05) is 128 Å². The maximum Gasteiger partial charge on any atom is 0.357 e. The number of aliphatic hydroxyl groups excluding tert-OH is 2. The number of ketones is 2. The molecule has 0 bridgehead atoms. The number of esters is 5. The van der Waals surface area contributed by atoms with E-state index >= 15 is 0 Å². The third kappa shape index (κ3) is 30.2. The first-order chi connectivity index (χ1) is 58.7. The van der Waals surface area contributed by atoms with Gasteiger partial charge in [0.25, 0.3) is 11.8 Å². The zero-order valence-corrected chi connectivity index (χ0v) is 71.5. The standard InChI is InChI=1S/C37H39N3O10.C35H35N3O9.C17H31N3O.C2H5BrO/c1-5-25-17-29(32(43)16-23-8-10-26(11-9-23)30(38)19-34(44)50-22(3)49-21(2)42)28(18-33(25)47-4)27-12-13-31(36(45)39-20-24-6-7-24)40-35(27)37(46)48-15-14-41;1-5-23-15-27(30(40)14-21-8-10-24(11-9-21)28(36)17-32(41)47-20(3)46-19(2)39)26(16-31(23)45-4)25-12-13-29(38-33(25)35(43)44)34(42)37-18-22-6-7-22;1-3-7-15(8-4-1)18-17(20-11-13-21-14-12-20)19-16-9-5-2-6-10-16;3-1-2-4/h5,8-13,17-18,22,24,38,41H,1,6-7,14-16,19-20H2,2-4H3,(H,39,45);5,8-13,15-16,20,22,36H,1,6-7,14,17-18H2,2-4H3,(H,37,42)(H,43,44);15-16H,1-14H2,(H,18,19);4H,1-2H2. The number of carboxylic acid groups (broad SMARTS) is 1. The first kappa shape index (κ1) is 95.8. The van der Waals surface area contributed by atoms with E-state index in [1.807, 2.05) is 0 Å². The van der Waals surface area contributed by atoms with Crippen LogP contribution in [0.2, 0.25) is 0 Å². The third-order valence-corrected chi connectivity index (χ3v) is 20.6. The largest absolute Gasteiger partial charge is 0.496 e. The molecule has 11 rings (SSSR count). The van der Waals surface area contributed by atoms with E-state index in [2.05, 4.69) is 59.9 Å². The van der Waals surface area contributed by atoms with Gasteiger partial charge in [-0.25, -0.2) is 24.5 Å². The van der Waals surface area contributed by atoms with E-state index in [-0.39, 0.29) is 107 Å². The van der Waals surface area contributed by atoms with Crippen molar-refractivity contribution in [2.24, 2.45) is 16.8 Å². The molecular formula is C91H110BrN9O21. The molecule has 122 heavy (non-hydrogen) atoms. The molecule has 4 saturated carbocycles. The van der Waals surface area contributed by atoms with Gasteiger partial charge in [0.05, 0.1) is 59.5 Å². The summed E-state index contributed by atoms with van der Waals surface area (Å²) < 4.78 is 41.2. The number of nitrogens with zero attached hydrogens (tertiary/aromatic N) is 4. The van der Waals surface area contributed by atoms with E-state index in [0.29, 0.717) is 92.8 Å². The number of hydrogen-bond acceptors (Lipinski definition) is 25. The molecule has 4 aliphatic carbocycles. The third-order valence-electron chi connectivity index (χ3n) is 20.3. The molecule has 31 heteroatoms. The number of guanidine groups is 1. The van der Waals surface area contributed by atoms with Crippen LogP contribution in [0.5, 0.6) is 11.5 Å². The molecule has 0 spiro atoms. The topological polar surface area (TPSA) is 430 Å². The van der Waals surface area contributed by atoms with Gasteiger partial charge in [0.2, 0.25) is 12.6 Å². The summed E-state index contributed by atoms with van der Waals surface area (Å²) in [7, 11) is 2.89. The lowest BCUT2D eigenvalue weighted by Gasteiger charge is -2.34. The molecular weight excluding hydrogens is 1630 g/mol. The van der Waals surface area contributed by atoms with Crippen molar-refractivity contribution < 1.29 is 101 Å². The number of aliphatic imine (C=N–C) groups is 1. The summed E-state index contributed by atoms with van der Waals surface area (Å²) in [6.45, 7) is 17.0. The molecule has 3 heterocycles. The number of alkyl halides is 1. The highest BCUT2D eigenvalue weighted by atomic mass is 79.9. The van der Waals surface area contributed by atoms with Crippen molar-refractivity contribution >= 4 is 105 Å². The van der Waals surface area contributed by atoms with Gasteiger partial charge in [0.15, 0.2) is 28.9 Å². The predicted octanol–water partition coefficient (Wildman–Crippen LogP) is 12.5. The highest BCUT2D eigenvalue weighted by Crippen LogP contribution is 2.38. The average molecular weight is 1750 g/mol. The first-order valence-corrected chi connectivity index (χ1v) is 42.1. The van der Waals surface area contributed by atoms with Crippen LogP contribution in [0, 0.1) is 22.7 Å². The normalized spacial score (nSPS) is 15.0. The lowest BCUT2D eigenvalue weighted by Crippen LogP contribution is -2.51. The van der Waals surface area contributed by atoms with Crippen LogP contribution in [0.25, 0.3) is 34.4 Å². The van der Waals surface area contributed by atoms with E-state index < -0.39 is 72.5 Å². The molecule has 0 radical (unpaired) electrons. The molecule has 1 saturated heterocycles. The Morgan fingerprint density at radius 3 is 1.40 bits per heavy atom. The molecule has 2 unspecified atom stereocenters. The van der Waals surface area contributed by atoms with Crippen molar-refractivity contribution in [1.82, 2.24) is 30.8 Å². The predicted molar refractivity (Wildman–Crippen MR) is 461 cm³/mol. The Hall–Kier alpha value is -11.7. The Kier molecular flexibility index (Phi) is 38.2. The Bertz CT molecular complexity index is 4740. The van der Waals surface area contributed by atoms with Crippen LogP contribution in [0.3, 0.4) is 0 Å². The number of nitrogens with one attached hydrogen (secondary N) is 5. The number of pyridine rings is 2. The van der Waals surface area contributed by atoms with Crippen LogP contribution >= 0.6 is 15.9 Å². The fourth-order valence-electron chi connectivity index (χ4n) is 13.7. The van der Waals surface area contributed by atoms with Crippen LogP contribution in [0.15, 0.2) is 115 Å². The number of aromatic nitrogens is 2. The number of amides is 2. The molecule has 2 atom stereocenters. The van der Waals surface area contributed by atoms with E-state index in [1.54, 1.807) is 72.8 Å². The van der Waals surface area contributed by atoms with Gasteiger partial charge in [-0.05, 0) is 145 Å². The van der Waals surface area contributed by atoms with Gasteiger partial charge in [0, 0.05) is 123 Å². The Morgan fingerprint density at radius 1 is 0.582 bits per heavy atom. The molecule has 6 aromatic rings. The molecule has 5 fully saturated rings. The van der Waals surface area contributed by atoms with Gasteiger partial charge >= 0.3 is 35.8 Å². The minimum absolute atomic E-state index is 0.00859. The molecule has 652 valence electrons. The van der Waals surface area contributed by atoms with Crippen molar-refractivity contribution in [2.75, 3.05) is 78.8 Å². The number of carboxylic acids is 1. The Balaban J connectivity index is 0.000000237. The van der Waals surface area contributed by atoms with Crippen molar-refractivity contribution in [3.8, 4) is 33.8 Å². The zero-order valence-electron chi connectivity index (χ0n) is 69.9. The zero-order chi connectivity index (χ0) is 88.4. The molecule has 5 aliphatic rings. The van der Waals surface area contributed by atoms with Gasteiger partial charge in [-0.3, -0.25) is 38.4 Å². The van der Waals surface area contributed by atoms with Gasteiger partial charge in [-0.2, -0.15) is 0 Å². The summed E-state index contributed by atoms with van der Waals surface area (Å²) in [5.41, 5.74) is 3.65. The van der Waals surface area contributed by atoms with E-state index in [4.69, 9.17) is 58.8 Å². The number of carbonyl (C=O) groups is 10. The molecule has 2 aromatic heterocycles. The van der Waals surface area contributed by atoms with E-state index in [9.17, 15) is 58.2 Å². The highest BCUT2D eigenvalue weighted by molar-refractivity contribution is 9.09. The molecule has 8 N–H and O–H groups in total. The van der Waals surface area contributed by atoms with Gasteiger partial charge in [-0.15, -0.1) is 0 Å². The second-order valence-corrected chi connectivity index (χ2v) is 30.6. The SMILES string of the molecule is C1CCC(N=C(NC2CCCCC2)N2CCOCC2)CC1.C=Cc1cc(C(=O)Cc2ccc(C(=N)CC(=O)OC(C)OC(C)=O)cc2)c(-c2ccc(C(=O)NCC3CC3)nc2C(=O)O)cc1OC.C=Cc1cc(C(=O)Cc2ccc(C(=N)CC(=O)OC(C)OC(C)=O)cc2)c(-c2ccc(C(=O)NCC3CC3)nc2C(=O)OCCO)cc1OC.OCCBr. The molecule has 30 nitrogen and oxygen atoms in total. The average Bonchev–Trinajstić information content (AvgIpc) is 1.66. The molecule has 2 amide bonds.